The molecule has 2 aromatic heterocycles. The molecule has 0 spiro atoms. The number of amides is 1. The molecule has 25 heavy (non-hydrogen) atoms. The van der Waals surface area contributed by atoms with Crippen LogP contribution in [0.2, 0.25) is 0 Å². The predicted molar refractivity (Wildman–Crippen MR) is 91.0 cm³/mol. The molecule has 2 heterocycles. The van der Waals surface area contributed by atoms with E-state index in [4.69, 9.17) is 0 Å². The maximum atomic E-state index is 14.1. The summed E-state index contributed by atoms with van der Waals surface area (Å²) in [5.41, 5.74) is 1.36. The number of aromatic nitrogens is 4. The molecule has 0 bridgehead atoms. The molecule has 0 radical (unpaired) electrons. The number of carbonyl (C=O) groups excluding carboxylic acids is 1. The zero-order valence-corrected chi connectivity index (χ0v) is 14.0. The van der Waals surface area contributed by atoms with Crippen LogP contribution in [0, 0.1) is 12.7 Å². The van der Waals surface area contributed by atoms with E-state index in [-0.39, 0.29) is 11.7 Å². The molecule has 0 saturated heterocycles. The highest BCUT2D eigenvalue weighted by atomic mass is 19.1. The number of nitrogens with one attached hydrogen (secondary N) is 1. The molecular weight excluding hydrogens is 321 g/mol. The summed E-state index contributed by atoms with van der Waals surface area (Å²) < 4.78 is 17.5. The number of halogens is 1. The largest absolute Gasteiger partial charge is 0.308 e. The van der Waals surface area contributed by atoms with Gasteiger partial charge in [0, 0.05) is 24.9 Å². The number of carbonyl (C=O) groups is 1. The van der Waals surface area contributed by atoms with E-state index < -0.39 is 5.41 Å². The van der Waals surface area contributed by atoms with Crippen molar-refractivity contribution in [3.05, 3.63) is 59.8 Å². The monoisotopic (exact) mass is 339 g/mol. The highest BCUT2D eigenvalue weighted by Gasteiger charge is 2.52. The van der Waals surface area contributed by atoms with Gasteiger partial charge < -0.3 is 5.32 Å². The van der Waals surface area contributed by atoms with Gasteiger partial charge in [0.05, 0.1) is 17.3 Å². The van der Waals surface area contributed by atoms with Gasteiger partial charge in [-0.15, -0.1) is 5.10 Å². The minimum Gasteiger partial charge on any atom is -0.308 e. The van der Waals surface area contributed by atoms with Gasteiger partial charge >= 0.3 is 0 Å². The molecule has 1 aliphatic rings. The van der Waals surface area contributed by atoms with E-state index in [2.05, 4.69) is 15.5 Å². The summed E-state index contributed by atoms with van der Waals surface area (Å²) in [7, 11) is 1.84. The topological polar surface area (TPSA) is 64.7 Å². The average molecular weight is 339 g/mol. The summed E-state index contributed by atoms with van der Waals surface area (Å²) in [4.78, 5) is 12.7. The maximum Gasteiger partial charge on any atom is 0.236 e. The number of aryl methyl sites for hydroxylation is 2. The van der Waals surface area contributed by atoms with Crippen molar-refractivity contribution >= 4 is 11.7 Å². The van der Waals surface area contributed by atoms with Crippen LogP contribution in [0.15, 0.2) is 42.7 Å². The number of benzene rings is 1. The summed E-state index contributed by atoms with van der Waals surface area (Å²) in [5, 5.41) is 11.5. The summed E-state index contributed by atoms with van der Waals surface area (Å²) in [6, 6.07) is 8.18. The lowest BCUT2D eigenvalue weighted by Gasteiger charge is -2.15. The molecule has 0 unspecified atom stereocenters. The van der Waals surface area contributed by atoms with Crippen LogP contribution in [0.25, 0.3) is 5.69 Å². The number of hydrogen-bond donors (Lipinski definition) is 1. The molecule has 1 saturated carbocycles. The Morgan fingerprint density at radius 3 is 2.64 bits per heavy atom. The summed E-state index contributed by atoms with van der Waals surface area (Å²) in [6.45, 7) is 1.90. The summed E-state index contributed by atoms with van der Waals surface area (Å²) in [6.07, 6.45) is 4.91. The maximum absolute atomic E-state index is 14.1. The highest BCUT2D eigenvalue weighted by Crippen LogP contribution is 2.49. The second kappa shape index (κ2) is 5.54. The molecule has 1 fully saturated rings. The predicted octanol–water partition coefficient (Wildman–Crippen LogP) is 2.72. The van der Waals surface area contributed by atoms with Crippen LogP contribution in [0.3, 0.4) is 0 Å². The molecule has 0 aliphatic heterocycles. The van der Waals surface area contributed by atoms with Crippen molar-refractivity contribution in [2.24, 2.45) is 7.05 Å². The first-order valence-corrected chi connectivity index (χ1v) is 8.12. The molecular formula is C18H18FN5O. The molecule has 1 amide bonds. The van der Waals surface area contributed by atoms with Gasteiger partial charge in [-0.05, 0) is 25.8 Å². The highest BCUT2D eigenvalue weighted by molar-refractivity contribution is 6.00. The molecule has 1 N–H and O–H groups in total. The van der Waals surface area contributed by atoms with E-state index in [0.717, 1.165) is 11.4 Å². The van der Waals surface area contributed by atoms with Gasteiger partial charge in [0.15, 0.2) is 5.82 Å². The Morgan fingerprint density at radius 1 is 1.24 bits per heavy atom. The second-order valence-corrected chi connectivity index (χ2v) is 6.44. The number of rotatable bonds is 4. The van der Waals surface area contributed by atoms with Gasteiger partial charge in [0.25, 0.3) is 0 Å². The normalized spacial score (nSPS) is 15.2. The minimum atomic E-state index is -0.778. The fraction of sp³-hybridized carbons (Fsp3) is 0.278. The quantitative estimate of drug-likeness (QED) is 0.795. The Labute approximate surface area is 144 Å². The van der Waals surface area contributed by atoms with Gasteiger partial charge in [0.1, 0.15) is 11.5 Å². The fourth-order valence-corrected chi connectivity index (χ4v) is 3.17. The van der Waals surface area contributed by atoms with Gasteiger partial charge in [-0.1, -0.05) is 18.2 Å². The summed E-state index contributed by atoms with van der Waals surface area (Å²) >= 11 is 0. The Kier molecular flexibility index (Phi) is 3.45. The van der Waals surface area contributed by atoms with Crippen molar-refractivity contribution in [2.75, 3.05) is 5.32 Å². The van der Waals surface area contributed by atoms with E-state index in [1.807, 2.05) is 20.2 Å². The SMILES string of the molecule is Cc1nn(C)cc1-n1ccc(NC(=O)C2(c3ccccc3F)CC2)n1. The van der Waals surface area contributed by atoms with Crippen molar-refractivity contribution < 1.29 is 9.18 Å². The lowest BCUT2D eigenvalue weighted by molar-refractivity contribution is -0.118. The Hall–Kier alpha value is -2.96. The van der Waals surface area contributed by atoms with Gasteiger partial charge in [-0.2, -0.15) is 5.10 Å². The zero-order valence-electron chi connectivity index (χ0n) is 14.0. The molecule has 0 atom stereocenters. The Bertz CT molecular complexity index is 954. The standard InChI is InChI=1S/C18H18FN5O/c1-12-15(11-23(2)21-12)24-10-7-16(22-24)20-17(25)18(8-9-18)13-5-3-4-6-14(13)19/h3-7,10-11H,8-9H2,1-2H3,(H,20,22,25). The van der Waals surface area contributed by atoms with Crippen LogP contribution in [0.1, 0.15) is 24.1 Å². The average Bonchev–Trinajstić information content (AvgIpc) is 3.14. The van der Waals surface area contributed by atoms with Crippen LogP contribution < -0.4 is 5.32 Å². The number of anilines is 1. The van der Waals surface area contributed by atoms with Gasteiger partial charge in [0.2, 0.25) is 5.91 Å². The molecule has 7 heteroatoms. The van der Waals surface area contributed by atoms with Crippen molar-refractivity contribution in [3.63, 3.8) is 0 Å². The number of hydrogen-bond acceptors (Lipinski definition) is 3. The lowest BCUT2D eigenvalue weighted by Crippen LogP contribution is -2.29. The molecule has 4 rings (SSSR count). The third-order valence-corrected chi connectivity index (χ3v) is 4.64. The smallest absolute Gasteiger partial charge is 0.236 e. The summed E-state index contributed by atoms with van der Waals surface area (Å²) in [5.74, 6) is -0.117. The van der Waals surface area contributed by atoms with Crippen LogP contribution in [-0.4, -0.2) is 25.5 Å². The van der Waals surface area contributed by atoms with E-state index in [9.17, 15) is 9.18 Å². The van der Waals surface area contributed by atoms with Crippen molar-refractivity contribution in [2.45, 2.75) is 25.2 Å². The first-order chi connectivity index (χ1) is 12.0. The van der Waals surface area contributed by atoms with Gasteiger partial charge in [-0.25, -0.2) is 9.07 Å². The zero-order chi connectivity index (χ0) is 17.6. The molecule has 1 aliphatic carbocycles. The Morgan fingerprint density at radius 2 is 2.00 bits per heavy atom. The Balaban J connectivity index is 1.56. The molecule has 3 aromatic rings. The first-order valence-electron chi connectivity index (χ1n) is 8.12. The molecule has 6 nitrogen and oxygen atoms in total. The van der Waals surface area contributed by atoms with Crippen LogP contribution in [0.4, 0.5) is 10.2 Å². The van der Waals surface area contributed by atoms with Gasteiger partial charge in [-0.3, -0.25) is 9.48 Å². The van der Waals surface area contributed by atoms with E-state index in [1.54, 1.807) is 39.8 Å². The van der Waals surface area contributed by atoms with Crippen LogP contribution in [-0.2, 0) is 17.3 Å². The van der Waals surface area contributed by atoms with Crippen molar-refractivity contribution in [3.8, 4) is 5.69 Å². The number of nitrogens with zero attached hydrogens (tertiary/aromatic N) is 4. The minimum absolute atomic E-state index is 0.217. The second-order valence-electron chi connectivity index (χ2n) is 6.44. The van der Waals surface area contributed by atoms with E-state index >= 15 is 0 Å². The van der Waals surface area contributed by atoms with Crippen molar-refractivity contribution in [1.29, 1.82) is 0 Å². The van der Waals surface area contributed by atoms with E-state index in [0.29, 0.717) is 24.2 Å². The van der Waals surface area contributed by atoms with Crippen molar-refractivity contribution in [1.82, 2.24) is 19.6 Å². The lowest BCUT2D eigenvalue weighted by atomic mass is 9.94. The third-order valence-electron chi connectivity index (χ3n) is 4.64. The fourth-order valence-electron chi connectivity index (χ4n) is 3.17. The molecule has 1 aromatic carbocycles. The first kappa shape index (κ1) is 15.6. The third kappa shape index (κ3) is 2.61. The van der Waals surface area contributed by atoms with Crippen LogP contribution in [0.5, 0.6) is 0 Å². The van der Waals surface area contributed by atoms with E-state index in [1.165, 1.54) is 6.07 Å². The van der Waals surface area contributed by atoms with Crippen LogP contribution >= 0.6 is 0 Å². The molecule has 128 valence electrons.